The number of aromatic nitrogens is 1. The number of ether oxygens (including phenoxy) is 1. The number of carbonyl (C=O) groups is 2. The Bertz CT molecular complexity index is 1030. The van der Waals surface area contributed by atoms with E-state index in [0.29, 0.717) is 23.9 Å². The van der Waals surface area contributed by atoms with Crippen LogP contribution in [0.4, 0.5) is 4.79 Å². The van der Waals surface area contributed by atoms with E-state index in [4.69, 9.17) is 4.74 Å². The van der Waals surface area contributed by atoms with Gasteiger partial charge < -0.3 is 14.7 Å². The van der Waals surface area contributed by atoms with E-state index in [9.17, 15) is 14.7 Å². The third-order valence-electron chi connectivity index (χ3n) is 7.49. The number of carbonyl (C=O) groups excluding carboxylic acids is 2. The molecule has 2 aromatic rings. The summed E-state index contributed by atoms with van der Waals surface area (Å²) in [5.41, 5.74) is 0.254. The summed E-state index contributed by atoms with van der Waals surface area (Å²) in [5, 5.41) is 11.9. The van der Waals surface area contributed by atoms with Crippen LogP contribution in [0.3, 0.4) is 0 Å². The van der Waals surface area contributed by atoms with Crippen LogP contribution < -0.4 is 0 Å². The Kier molecular flexibility index (Phi) is 6.31. The van der Waals surface area contributed by atoms with Crippen LogP contribution in [0.25, 0.3) is 10.2 Å². The Balaban J connectivity index is 1.39. The average Bonchev–Trinajstić information content (AvgIpc) is 3.53. The number of amides is 2. The van der Waals surface area contributed by atoms with E-state index in [2.05, 4.69) is 4.98 Å². The number of aliphatic hydroxyl groups excluding tert-OH is 1. The van der Waals surface area contributed by atoms with Gasteiger partial charge in [-0.25, -0.2) is 9.78 Å². The number of thiazole rings is 1. The molecule has 7 nitrogen and oxygen atoms in total. The number of aliphatic hydroxyl groups is 1. The molecule has 3 aliphatic rings. The van der Waals surface area contributed by atoms with Gasteiger partial charge in [0.25, 0.3) is 0 Å². The number of rotatable bonds is 3. The first kappa shape index (κ1) is 23.5. The van der Waals surface area contributed by atoms with Gasteiger partial charge in [0.1, 0.15) is 22.8 Å². The van der Waals surface area contributed by atoms with Crippen LogP contribution in [0.1, 0.15) is 76.8 Å². The zero-order valence-electron chi connectivity index (χ0n) is 20.3. The zero-order chi connectivity index (χ0) is 24.0. The molecule has 184 valence electrons. The lowest BCUT2D eigenvalue weighted by Gasteiger charge is -2.37. The van der Waals surface area contributed by atoms with Gasteiger partial charge in [-0.3, -0.25) is 9.69 Å². The van der Waals surface area contributed by atoms with E-state index < -0.39 is 17.7 Å². The number of benzene rings is 1. The molecule has 34 heavy (non-hydrogen) atoms. The van der Waals surface area contributed by atoms with Crippen LogP contribution in [-0.4, -0.2) is 62.2 Å². The van der Waals surface area contributed by atoms with Crippen LogP contribution in [0.2, 0.25) is 0 Å². The molecule has 2 aliphatic heterocycles. The second-order valence-electron chi connectivity index (χ2n) is 11.0. The van der Waals surface area contributed by atoms with E-state index in [-0.39, 0.29) is 24.1 Å². The molecule has 1 N–H and O–H groups in total. The number of hydrogen-bond donors (Lipinski definition) is 1. The molecular weight excluding hydrogens is 450 g/mol. The highest BCUT2D eigenvalue weighted by Gasteiger charge is 2.51. The van der Waals surface area contributed by atoms with E-state index >= 15 is 0 Å². The molecular formula is C26H35N3O4S. The lowest BCUT2D eigenvalue weighted by Crippen LogP contribution is -2.53. The fourth-order valence-electron chi connectivity index (χ4n) is 6.02. The number of fused-ring (bicyclic) bond motifs is 2. The van der Waals surface area contributed by atoms with Gasteiger partial charge in [0.2, 0.25) is 5.91 Å². The highest BCUT2D eigenvalue weighted by atomic mass is 32.1. The average molecular weight is 486 g/mol. The Morgan fingerprint density at radius 1 is 1.15 bits per heavy atom. The van der Waals surface area contributed by atoms with Gasteiger partial charge in [-0.05, 0) is 70.9 Å². The molecule has 2 saturated heterocycles. The number of likely N-dealkylation sites (tertiary alicyclic amines) is 2. The summed E-state index contributed by atoms with van der Waals surface area (Å²) in [7, 11) is 0. The van der Waals surface area contributed by atoms with Crippen molar-refractivity contribution in [2.75, 3.05) is 6.54 Å². The molecule has 0 bridgehead atoms. The molecule has 1 saturated carbocycles. The first-order valence-electron chi connectivity index (χ1n) is 12.6. The molecule has 0 radical (unpaired) electrons. The van der Waals surface area contributed by atoms with Crippen LogP contribution in [0.5, 0.6) is 0 Å². The predicted molar refractivity (Wildman–Crippen MR) is 132 cm³/mol. The Labute approximate surface area is 205 Å². The summed E-state index contributed by atoms with van der Waals surface area (Å²) in [6, 6.07) is 7.06. The van der Waals surface area contributed by atoms with Gasteiger partial charge in [-0.15, -0.1) is 11.3 Å². The SMILES string of the molecule is CC(C)(C)OC(=O)N1C(C(=O)N2CCCC2C(O)c2nc3ccccc3s2)CC2CCCCC21. The maximum Gasteiger partial charge on any atom is 0.411 e. The number of para-hydroxylation sites is 1. The molecule has 1 aromatic carbocycles. The first-order valence-corrected chi connectivity index (χ1v) is 13.4. The second kappa shape index (κ2) is 9.11. The van der Waals surface area contributed by atoms with E-state index in [1.165, 1.54) is 11.3 Å². The maximum atomic E-state index is 13.9. The van der Waals surface area contributed by atoms with Crippen molar-refractivity contribution >= 4 is 33.6 Å². The Morgan fingerprint density at radius 2 is 1.91 bits per heavy atom. The molecule has 5 rings (SSSR count). The molecule has 0 spiro atoms. The van der Waals surface area contributed by atoms with E-state index in [0.717, 1.165) is 48.7 Å². The quantitative estimate of drug-likeness (QED) is 0.669. The number of nitrogens with zero attached hydrogens (tertiary/aromatic N) is 3. The normalized spacial score (nSPS) is 28.2. The number of hydrogen-bond acceptors (Lipinski definition) is 6. The largest absolute Gasteiger partial charge is 0.444 e. The summed E-state index contributed by atoms with van der Waals surface area (Å²) in [5.74, 6) is 0.286. The van der Waals surface area contributed by atoms with Crippen LogP contribution in [0, 0.1) is 5.92 Å². The first-order chi connectivity index (χ1) is 16.2. The predicted octanol–water partition coefficient (Wildman–Crippen LogP) is 4.89. The van der Waals surface area contributed by atoms with Crippen molar-refractivity contribution in [3.05, 3.63) is 29.3 Å². The van der Waals surface area contributed by atoms with Gasteiger partial charge >= 0.3 is 6.09 Å². The monoisotopic (exact) mass is 485 g/mol. The van der Waals surface area contributed by atoms with Crippen molar-refractivity contribution in [2.24, 2.45) is 5.92 Å². The van der Waals surface area contributed by atoms with Gasteiger partial charge in [0.05, 0.1) is 16.3 Å². The van der Waals surface area contributed by atoms with Crippen molar-refractivity contribution < 1.29 is 19.4 Å². The Morgan fingerprint density at radius 3 is 2.68 bits per heavy atom. The lowest BCUT2D eigenvalue weighted by molar-refractivity contribution is -0.139. The Hall–Kier alpha value is -2.19. The third kappa shape index (κ3) is 4.42. The van der Waals surface area contributed by atoms with E-state index in [1.54, 1.807) is 4.90 Å². The fourth-order valence-corrected chi connectivity index (χ4v) is 7.04. The summed E-state index contributed by atoms with van der Waals surface area (Å²) in [6.07, 6.45) is 5.22. The third-order valence-corrected chi connectivity index (χ3v) is 8.59. The van der Waals surface area contributed by atoms with Crippen molar-refractivity contribution in [2.45, 2.75) is 95.5 Å². The highest BCUT2D eigenvalue weighted by molar-refractivity contribution is 7.18. The maximum absolute atomic E-state index is 13.9. The molecule has 2 amide bonds. The van der Waals surface area contributed by atoms with Crippen LogP contribution >= 0.6 is 11.3 Å². The van der Waals surface area contributed by atoms with Crippen molar-refractivity contribution in [3.63, 3.8) is 0 Å². The van der Waals surface area contributed by atoms with Crippen molar-refractivity contribution in [1.82, 2.24) is 14.8 Å². The molecule has 3 fully saturated rings. The topological polar surface area (TPSA) is 83.0 Å². The van der Waals surface area contributed by atoms with Gasteiger partial charge in [0.15, 0.2) is 0 Å². The summed E-state index contributed by atoms with van der Waals surface area (Å²) in [6.45, 7) is 6.18. The zero-order valence-corrected chi connectivity index (χ0v) is 21.1. The molecule has 5 unspecified atom stereocenters. The second-order valence-corrected chi connectivity index (χ2v) is 12.0. The minimum atomic E-state index is -0.831. The molecule has 3 heterocycles. The summed E-state index contributed by atoms with van der Waals surface area (Å²) >= 11 is 1.48. The summed E-state index contributed by atoms with van der Waals surface area (Å²) < 4.78 is 6.78. The van der Waals surface area contributed by atoms with Crippen LogP contribution in [-0.2, 0) is 9.53 Å². The molecule has 8 heteroatoms. The van der Waals surface area contributed by atoms with Crippen molar-refractivity contribution in [1.29, 1.82) is 0 Å². The fraction of sp³-hybridized carbons (Fsp3) is 0.654. The van der Waals surface area contributed by atoms with Gasteiger partial charge in [0, 0.05) is 12.6 Å². The smallest absolute Gasteiger partial charge is 0.411 e. The molecule has 5 atom stereocenters. The summed E-state index contributed by atoms with van der Waals surface area (Å²) in [4.78, 5) is 35.4. The van der Waals surface area contributed by atoms with E-state index in [1.807, 2.05) is 49.9 Å². The van der Waals surface area contributed by atoms with Gasteiger partial charge in [-0.2, -0.15) is 0 Å². The standard InChI is InChI=1S/C26H35N3O4S/c1-26(2,3)33-25(32)29-18-11-6-4-9-16(18)15-20(29)24(31)28-14-8-12-19(28)22(30)23-27-17-10-5-7-13-21(17)34-23/h5,7,10,13,16,18-20,22,30H,4,6,8-9,11-12,14-15H2,1-3H3. The van der Waals surface area contributed by atoms with Gasteiger partial charge in [-0.1, -0.05) is 25.0 Å². The minimum absolute atomic E-state index is 0.0529. The lowest BCUT2D eigenvalue weighted by atomic mass is 9.84. The van der Waals surface area contributed by atoms with Crippen molar-refractivity contribution in [3.8, 4) is 0 Å². The highest BCUT2D eigenvalue weighted by Crippen LogP contribution is 2.42. The molecule has 1 aliphatic carbocycles. The molecule has 1 aromatic heterocycles. The van der Waals surface area contributed by atoms with Crippen LogP contribution in [0.15, 0.2) is 24.3 Å². The minimum Gasteiger partial charge on any atom is -0.444 e.